The van der Waals surface area contributed by atoms with Crippen LogP contribution >= 0.6 is 0 Å². The van der Waals surface area contributed by atoms with Crippen molar-refractivity contribution < 1.29 is 22.8 Å². The Bertz CT molecular complexity index is 1420. The second-order valence-electron chi connectivity index (χ2n) is 7.80. The van der Waals surface area contributed by atoms with Gasteiger partial charge in [0.2, 0.25) is 0 Å². The van der Waals surface area contributed by atoms with E-state index in [0.29, 0.717) is 11.5 Å². The summed E-state index contributed by atoms with van der Waals surface area (Å²) in [6.07, 6.45) is 1.57. The average molecular weight is 480 g/mol. The quantitative estimate of drug-likeness (QED) is 0.411. The maximum atomic E-state index is 14.4. The zero-order valence-electron chi connectivity index (χ0n) is 18.6. The monoisotopic (exact) mass is 480 g/mol. The number of hydrogen-bond donors (Lipinski definition) is 2. The van der Waals surface area contributed by atoms with Crippen molar-refractivity contribution in [2.75, 3.05) is 10.6 Å². The SMILES string of the molecule is CC(C)n1cnnc1-c1cccc(NC(=O)c2cc(NC(=O)c3ccc(F)c(F)c3)ccc2F)n1. The summed E-state index contributed by atoms with van der Waals surface area (Å²) in [6.45, 7) is 3.92. The molecule has 2 amide bonds. The van der Waals surface area contributed by atoms with Gasteiger partial charge in [0.15, 0.2) is 17.5 Å². The molecule has 0 aliphatic carbocycles. The number of aromatic nitrogens is 4. The number of anilines is 2. The van der Waals surface area contributed by atoms with E-state index in [9.17, 15) is 22.8 Å². The van der Waals surface area contributed by atoms with Gasteiger partial charge in [-0.3, -0.25) is 9.59 Å². The summed E-state index contributed by atoms with van der Waals surface area (Å²) in [7, 11) is 0. The van der Waals surface area contributed by atoms with E-state index in [1.54, 1.807) is 18.5 Å². The van der Waals surface area contributed by atoms with Gasteiger partial charge in [-0.25, -0.2) is 18.2 Å². The highest BCUT2D eigenvalue weighted by Crippen LogP contribution is 2.21. The summed E-state index contributed by atoms with van der Waals surface area (Å²) in [5.41, 5.74) is 0.0418. The van der Waals surface area contributed by atoms with Gasteiger partial charge in [-0.1, -0.05) is 6.07 Å². The van der Waals surface area contributed by atoms with Gasteiger partial charge >= 0.3 is 0 Å². The molecule has 4 rings (SSSR count). The van der Waals surface area contributed by atoms with Crippen molar-refractivity contribution in [3.63, 3.8) is 0 Å². The third-order valence-electron chi connectivity index (χ3n) is 5.00. The lowest BCUT2D eigenvalue weighted by atomic mass is 10.1. The maximum absolute atomic E-state index is 14.4. The number of pyridine rings is 1. The Morgan fingerprint density at radius 2 is 1.66 bits per heavy atom. The van der Waals surface area contributed by atoms with Crippen LogP contribution in [0.5, 0.6) is 0 Å². The molecule has 2 aromatic carbocycles. The van der Waals surface area contributed by atoms with Crippen LogP contribution in [-0.2, 0) is 0 Å². The average Bonchev–Trinajstić information content (AvgIpc) is 3.33. The normalized spacial score (nSPS) is 10.9. The molecule has 0 aliphatic heterocycles. The maximum Gasteiger partial charge on any atom is 0.259 e. The summed E-state index contributed by atoms with van der Waals surface area (Å²) in [6, 6.07) is 11.0. The lowest BCUT2D eigenvalue weighted by Crippen LogP contribution is -2.17. The van der Waals surface area contributed by atoms with Crippen molar-refractivity contribution in [2.45, 2.75) is 19.9 Å². The number of rotatable bonds is 6. The highest BCUT2D eigenvalue weighted by Gasteiger charge is 2.17. The van der Waals surface area contributed by atoms with Crippen LogP contribution < -0.4 is 10.6 Å². The van der Waals surface area contributed by atoms with E-state index in [1.165, 1.54) is 12.1 Å². The Balaban J connectivity index is 1.53. The van der Waals surface area contributed by atoms with Crippen LogP contribution in [0.4, 0.5) is 24.7 Å². The molecule has 0 atom stereocenters. The Labute approximate surface area is 197 Å². The standard InChI is InChI=1S/C24H19F3N6O2/c1-13(2)33-12-28-32-22(33)20-4-3-5-21(30-20)31-24(35)16-11-15(7-9-17(16)25)29-23(34)14-6-8-18(26)19(27)10-14/h3-13H,1-2H3,(H,29,34)(H,30,31,35). The van der Waals surface area contributed by atoms with Crippen molar-refractivity contribution in [1.82, 2.24) is 19.7 Å². The third kappa shape index (κ3) is 5.18. The molecule has 2 N–H and O–H groups in total. The zero-order valence-corrected chi connectivity index (χ0v) is 18.6. The third-order valence-corrected chi connectivity index (χ3v) is 5.00. The minimum absolute atomic E-state index is 0.0815. The molecule has 178 valence electrons. The van der Waals surface area contributed by atoms with Gasteiger partial charge in [-0.15, -0.1) is 10.2 Å². The van der Waals surface area contributed by atoms with E-state index in [2.05, 4.69) is 25.8 Å². The molecule has 0 saturated heterocycles. The fraction of sp³-hybridized carbons (Fsp3) is 0.125. The number of carbonyl (C=O) groups is 2. The van der Waals surface area contributed by atoms with Crippen LogP contribution in [0.25, 0.3) is 11.5 Å². The van der Waals surface area contributed by atoms with Crippen LogP contribution in [0.1, 0.15) is 40.6 Å². The molecular formula is C24H19F3N6O2. The van der Waals surface area contributed by atoms with Crippen LogP contribution in [-0.4, -0.2) is 31.6 Å². The predicted octanol–water partition coefficient (Wildman–Crippen LogP) is 4.84. The van der Waals surface area contributed by atoms with Crippen molar-refractivity contribution >= 4 is 23.3 Å². The molecule has 0 fully saturated rings. The first-order valence-corrected chi connectivity index (χ1v) is 10.5. The van der Waals surface area contributed by atoms with Crippen LogP contribution in [0.2, 0.25) is 0 Å². The predicted molar refractivity (Wildman–Crippen MR) is 122 cm³/mol. The number of halogens is 3. The van der Waals surface area contributed by atoms with Gasteiger partial charge < -0.3 is 15.2 Å². The summed E-state index contributed by atoms with van der Waals surface area (Å²) in [4.78, 5) is 29.5. The Hall–Kier alpha value is -4.54. The highest BCUT2D eigenvalue weighted by molar-refractivity contribution is 6.07. The topological polar surface area (TPSA) is 102 Å². The number of hydrogen-bond acceptors (Lipinski definition) is 5. The molecule has 0 spiro atoms. The van der Waals surface area contributed by atoms with Gasteiger partial charge in [-0.05, 0) is 62.4 Å². The van der Waals surface area contributed by atoms with Gasteiger partial charge in [0.1, 0.15) is 23.7 Å². The summed E-state index contributed by atoms with van der Waals surface area (Å²) < 4.78 is 42.8. The Morgan fingerprint density at radius 3 is 2.40 bits per heavy atom. The minimum Gasteiger partial charge on any atom is -0.322 e. The molecule has 0 saturated carbocycles. The molecule has 0 bridgehead atoms. The van der Waals surface area contributed by atoms with E-state index >= 15 is 0 Å². The second-order valence-corrected chi connectivity index (χ2v) is 7.80. The summed E-state index contributed by atoms with van der Waals surface area (Å²) in [5.74, 6) is -4.01. The van der Waals surface area contributed by atoms with E-state index < -0.39 is 29.3 Å². The van der Waals surface area contributed by atoms with Crippen LogP contribution in [0.15, 0.2) is 60.9 Å². The van der Waals surface area contributed by atoms with Crippen molar-refractivity contribution in [2.24, 2.45) is 0 Å². The molecule has 0 radical (unpaired) electrons. The Morgan fingerprint density at radius 1 is 0.886 bits per heavy atom. The highest BCUT2D eigenvalue weighted by atomic mass is 19.2. The number of carbonyl (C=O) groups excluding carboxylic acids is 2. The van der Waals surface area contributed by atoms with Gasteiger partial charge in [0, 0.05) is 17.3 Å². The second kappa shape index (κ2) is 9.75. The number of amides is 2. The smallest absolute Gasteiger partial charge is 0.259 e. The van der Waals surface area contributed by atoms with E-state index in [0.717, 1.165) is 30.3 Å². The van der Waals surface area contributed by atoms with E-state index in [4.69, 9.17) is 0 Å². The van der Waals surface area contributed by atoms with Crippen molar-refractivity contribution in [3.05, 3.63) is 89.5 Å². The van der Waals surface area contributed by atoms with Crippen molar-refractivity contribution in [1.29, 1.82) is 0 Å². The van der Waals surface area contributed by atoms with E-state index in [1.807, 2.05) is 18.4 Å². The molecule has 11 heteroatoms. The fourth-order valence-corrected chi connectivity index (χ4v) is 3.23. The van der Waals surface area contributed by atoms with E-state index in [-0.39, 0.29) is 28.7 Å². The molecule has 0 unspecified atom stereocenters. The van der Waals surface area contributed by atoms with Gasteiger partial charge in [-0.2, -0.15) is 0 Å². The van der Waals surface area contributed by atoms with Crippen LogP contribution in [0.3, 0.4) is 0 Å². The summed E-state index contributed by atoms with van der Waals surface area (Å²) in [5, 5.41) is 12.9. The minimum atomic E-state index is -1.18. The van der Waals surface area contributed by atoms with Crippen molar-refractivity contribution in [3.8, 4) is 11.5 Å². The number of nitrogens with zero attached hydrogens (tertiary/aromatic N) is 4. The number of benzene rings is 2. The first kappa shape index (κ1) is 23.6. The molecule has 2 heterocycles. The molecule has 2 aromatic heterocycles. The largest absolute Gasteiger partial charge is 0.322 e. The molecule has 8 nitrogen and oxygen atoms in total. The Kier molecular flexibility index (Phi) is 6.58. The zero-order chi connectivity index (χ0) is 25.1. The molecule has 0 aliphatic rings. The summed E-state index contributed by atoms with van der Waals surface area (Å²) >= 11 is 0. The molecule has 35 heavy (non-hydrogen) atoms. The number of nitrogens with one attached hydrogen (secondary N) is 2. The first-order valence-electron chi connectivity index (χ1n) is 10.5. The van der Waals surface area contributed by atoms with Gasteiger partial charge in [0.25, 0.3) is 11.8 Å². The lowest BCUT2D eigenvalue weighted by Gasteiger charge is -2.11. The molecular weight excluding hydrogens is 461 g/mol. The molecule has 4 aromatic rings. The van der Waals surface area contributed by atoms with Crippen LogP contribution in [0, 0.1) is 17.5 Å². The lowest BCUT2D eigenvalue weighted by molar-refractivity contribution is 0.101. The van der Waals surface area contributed by atoms with Gasteiger partial charge in [0.05, 0.1) is 5.56 Å². The first-order chi connectivity index (χ1) is 16.7. The fourth-order valence-electron chi connectivity index (χ4n) is 3.23.